The summed E-state index contributed by atoms with van der Waals surface area (Å²) >= 11 is 7.21. The molecule has 6 nitrogen and oxygen atoms in total. The molecule has 136 valence electrons. The van der Waals surface area contributed by atoms with Crippen molar-refractivity contribution in [1.82, 2.24) is 10.4 Å². The van der Waals surface area contributed by atoms with E-state index in [9.17, 15) is 17.6 Å². The van der Waals surface area contributed by atoms with Crippen LogP contribution in [0.5, 0.6) is 0 Å². The third kappa shape index (κ3) is 4.48. The smallest absolute Gasteiger partial charge is 0.239 e. The zero-order valence-electron chi connectivity index (χ0n) is 13.2. The highest BCUT2D eigenvalue weighted by Crippen LogP contribution is 2.27. The summed E-state index contributed by atoms with van der Waals surface area (Å²) in [6, 6.07) is 9.71. The topological polar surface area (TPSA) is 88.2 Å². The number of aromatic nitrogens is 1. The highest BCUT2D eigenvalue weighted by Gasteiger charge is 2.16. The number of carbonyl (C=O) groups excluding carboxylic acids is 1. The number of rotatable bonds is 6. The van der Waals surface area contributed by atoms with Crippen LogP contribution in [0.4, 0.5) is 9.52 Å². The number of thiazole rings is 1. The van der Waals surface area contributed by atoms with E-state index in [1.54, 1.807) is 18.2 Å². The lowest BCUT2D eigenvalue weighted by Gasteiger charge is -2.06. The number of amides is 1. The van der Waals surface area contributed by atoms with Crippen LogP contribution in [0.1, 0.15) is 6.42 Å². The van der Waals surface area contributed by atoms with Gasteiger partial charge < -0.3 is 0 Å². The van der Waals surface area contributed by atoms with Crippen LogP contribution in [0.15, 0.2) is 47.4 Å². The third-order valence-corrected chi connectivity index (χ3v) is 6.33. The maximum atomic E-state index is 12.9. The van der Waals surface area contributed by atoms with E-state index in [1.807, 2.05) is 0 Å². The molecule has 0 unspecified atom stereocenters. The zero-order valence-corrected chi connectivity index (χ0v) is 15.6. The summed E-state index contributed by atoms with van der Waals surface area (Å²) < 4.78 is 38.0. The lowest BCUT2D eigenvalue weighted by Crippen LogP contribution is -2.30. The lowest BCUT2D eigenvalue weighted by atomic mass is 10.3. The van der Waals surface area contributed by atoms with E-state index in [0.29, 0.717) is 10.2 Å². The quantitative estimate of drug-likeness (QED) is 0.477. The van der Waals surface area contributed by atoms with Gasteiger partial charge in [-0.2, -0.15) is 0 Å². The number of carbonyl (C=O) groups is 1. The van der Waals surface area contributed by atoms with Crippen molar-refractivity contribution in [2.24, 2.45) is 0 Å². The average Bonchev–Trinajstić information content (AvgIpc) is 3.00. The minimum atomic E-state index is -3.66. The first kappa shape index (κ1) is 18.6. The standard InChI is InChI=1S/C16H13ClFN3O3S2/c17-10-1-6-13-14(9-10)25-16(19-13)21-20-15(22)7-8-26(23,24)12-4-2-11(18)3-5-12/h1-6,9H,7-8H2,(H,19,21)(H,20,22). The van der Waals surface area contributed by atoms with Crippen molar-refractivity contribution in [1.29, 1.82) is 0 Å². The third-order valence-electron chi connectivity index (χ3n) is 3.43. The molecular formula is C16H13ClFN3O3S2. The molecule has 10 heteroatoms. The van der Waals surface area contributed by atoms with Crippen LogP contribution in [-0.2, 0) is 14.6 Å². The molecular weight excluding hydrogens is 401 g/mol. The second-order valence-corrected chi connectivity index (χ2v) is 8.90. The summed E-state index contributed by atoms with van der Waals surface area (Å²) in [7, 11) is -3.66. The van der Waals surface area contributed by atoms with Gasteiger partial charge in [-0.3, -0.25) is 15.6 Å². The molecule has 0 saturated heterocycles. The van der Waals surface area contributed by atoms with Gasteiger partial charge >= 0.3 is 0 Å². The van der Waals surface area contributed by atoms with Gasteiger partial charge in [0.25, 0.3) is 0 Å². The normalized spacial score (nSPS) is 11.5. The molecule has 2 N–H and O–H groups in total. The maximum Gasteiger partial charge on any atom is 0.239 e. The largest absolute Gasteiger partial charge is 0.273 e. The zero-order chi connectivity index (χ0) is 18.7. The molecule has 3 aromatic rings. The van der Waals surface area contributed by atoms with Gasteiger partial charge in [0.1, 0.15) is 5.82 Å². The molecule has 1 aromatic heterocycles. The number of halogens is 2. The summed E-state index contributed by atoms with van der Waals surface area (Å²) in [5.41, 5.74) is 5.80. The molecule has 0 aliphatic heterocycles. The van der Waals surface area contributed by atoms with Crippen LogP contribution in [-0.4, -0.2) is 25.1 Å². The number of anilines is 1. The fourth-order valence-electron chi connectivity index (χ4n) is 2.12. The van der Waals surface area contributed by atoms with Crippen LogP contribution in [0.2, 0.25) is 5.02 Å². The Morgan fingerprint density at radius 2 is 1.92 bits per heavy atom. The van der Waals surface area contributed by atoms with Crippen LogP contribution in [0.3, 0.4) is 0 Å². The number of fused-ring (bicyclic) bond motifs is 1. The van der Waals surface area contributed by atoms with E-state index < -0.39 is 21.6 Å². The molecule has 2 aromatic carbocycles. The first-order valence-corrected chi connectivity index (χ1v) is 10.3. The van der Waals surface area contributed by atoms with Crippen molar-refractivity contribution in [3.8, 4) is 0 Å². The highest BCUT2D eigenvalue weighted by molar-refractivity contribution is 7.91. The van der Waals surface area contributed by atoms with Gasteiger partial charge in [0.2, 0.25) is 11.0 Å². The van der Waals surface area contributed by atoms with Gasteiger partial charge in [-0.1, -0.05) is 22.9 Å². The first-order valence-electron chi connectivity index (χ1n) is 7.43. The molecule has 26 heavy (non-hydrogen) atoms. The Morgan fingerprint density at radius 3 is 2.65 bits per heavy atom. The monoisotopic (exact) mass is 413 g/mol. The van der Waals surface area contributed by atoms with Crippen molar-refractivity contribution < 1.29 is 17.6 Å². The van der Waals surface area contributed by atoms with Crippen molar-refractivity contribution in [3.05, 3.63) is 53.3 Å². The minimum absolute atomic E-state index is 0.0253. The van der Waals surface area contributed by atoms with Crippen molar-refractivity contribution in [3.63, 3.8) is 0 Å². The fraction of sp³-hybridized carbons (Fsp3) is 0.125. The van der Waals surface area contributed by atoms with E-state index in [4.69, 9.17) is 11.6 Å². The van der Waals surface area contributed by atoms with Gasteiger partial charge in [0.05, 0.1) is 20.9 Å². The van der Waals surface area contributed by atoms with Crippen molar-refractivity contribution >= 4 is 54.0 Å². The van der Waals surface area contributed by atoms with Crippen molar-refractivity contribution in [2.45, 2.75) is 11.3 Å². The number of hydrogen-bond acceptors (Lipinski definition) is 6. The number of hydrogen-bond donors (Lipinski definition) is 2. The Kier molecular flexibility index (Phi) is 5.40. The summed E-state index contributed by atoms with van der Waals surface area (Å²) in [4.78, 5) is 16.1. The van der Waals surface area contributed by atoms with E-state index in [1.165, 1.54) is 23.5 Å². The van der Waals surface area contributed by atoms with Gasteiger partial charge in [0, 0.05) is 11.4 Å². The van der Waals surface area contributed by atoms with Crippen molar-refractivity contribution in [2.75, 3.05) is 11.2 Å². The van der Waals surface area contributed by atoms with Gasteiger partial charge in [-0.05, 0) is 42.5 Å². The Hall–Kier alpha value is -2.23. The summed E-state index contributed by atoms with van der Waals surface area (Å²) in [6.45, 7) is 0. The summed E-state index contributed by atoms with van der Waals surface area (Å²) in [5.74, 6) is -1.42. The van der Waals surface area contributed by atoms with E-state index in [0.717, 1.165) is 22.3 Å². The molecule has 0 radical (unpaired) electrons. The Labute approximate surface area is 157 Å². The second-order valence-electron chi connectivity index (χ2n) is 5.33. The van der Waals surface area contributed by atoms with Crippen LogP contribution < -0.4 is 10.9 Å². The minimum Gasteiger partial charge on any atom is -0.273 e. The molecule has 0 aliphatic rings. The Bertz CT molecular complexity index is 1050. The second kappa shape index (κ2) is 7.56. The van der Waals surface area contributed by atoms with E-state index in [2.05, 4.69) is 15.8 Å². The van der Waals surface area contributed by atoms with Gasteiger partial charge in [-0.25, -0.2) is 17.8 Å². The first-order chi connectivity index (χ1) is 12.3. The molecule has 3 rings (SSSR count). The molecule has 0 aliphatic carbocycles. The highest BCUT2D eigenvalue weighted by atomic mass is 35.5. The number of hydrazine groups is 1. The number of nitrogens with zero attached hydrogens (tertiary/aromatic N) is 1. The molecule has 1 heterocycles. The van der Waals surface area contributed by atoms with Gasteiger partial charge in [0.15, 0.2) is 9.84 Å². The maximum absolute atomic E-state index is 12.9. The summed E-state index contributed by atoms with van der Waals surface area (Å²) in [6.07, 6.45) is -0.247. The molecule has 0 atom stereocenters. The Balaban J connectivity index is 1.55. The number of benzene rings is 2. The lowest BCUT2D eigenvalue weighted by molar-refractivity contribution is -0.120. The fourth-order valence-corrected chi connectivity index (χ4v) is 4.46. The van der Waals surface area contributed by atoms with Gasteiger partial charge in [-0.15, -0.1) is 0 Å². The predicted molar refractivity (Wildman–Crippen MR) is 99.5 cm³/mol. The number of nitrogens with one attached hydrogen (secondary N) is 2. The molecule has 0 spiro atoms. The van der Waals surface area contributed by atoms with Crippen LogP contribution in [0.25, 0.3) is 10.2 Å². The molecule has 0 bridgehead atoms. The Morgan fingerprint density at radius 1 is 1.19 bits per heavy atom. The van der Waals surface area contributed by atoms with Crippen LogP contribution >= 0.6 is 22.9 Å². The van der Waals surface area contributed by atoms with E-state index in [-0.39, 0.29) is 17.1 Å². The SMILES string of the molecule is O=C(CCS(=O)(=O)c1ccc(F)cc1)NNc1nc2ccc(Cl)cc2s1. The molecule has 1 amide bonds. The van der Waals surface area contributed by atoms with Crippen LogP contribution in [0, 0.1) is 5.82 Å². The summed E-state index contributed by atoms with van der Waals surface area (Å²) in [5, 5.41) is 1.04. The number of sulfone groups is 1. The average molecular weight is 414 g/mol. The van der Waals surface area contributed by atoms with E-state index >= 15 is 0 Å². The molecule has 0 fully saturated rings. The predicted octanol–water partition coefficient (Wildman–Crippen LogP) is 3.40. The molecule has 0 saturated carbocycles.